The Morgan fingerprint density at radius 2 is 1.90 bits per heavy atom. The van der Waals surface area contributed by atoms with Gasteiger partial charge in [0.15, 0.2) is 11.1 Å². The van der Waals surface area contributed by atoms with Gasteiger partial charge in [0, 0.05) is 11.3 Å². The molecule has 0 saturated heterocycles. The maximum atomic E-state index is 13.0. The molecular weight excluding hydrogens is 279 g/mol. The predicted octanol–water partition coefficient (Wildman–Crippen LogP) is 3.13. The second-order valence-electron chi connectivity index (χ2n) is 4.72. The van der Waals surface area contributed by atoms with Gasteiger partial charge in [0.2, 0.25) is 0 Å². The zero-order valence-corrected chi connectivity index (χ0v) is 12.0. The van der Waals surface area contributed by atoms with E-state index in [-0.39, 0.29) is 17.5 Å². The summed E-state index contributed by atoms with van der Waals surface area (Å²) >= 11 is -1.99. The summed E-state index contributed by atoms with van der Waals surface area (Å²) in [5, 5.41) is 0. The maximum Gasteiger partial charge on any atom is 0.160 e. The third-order valence-electron chi connectivity index (χ3n) is 2.78. The van der Waals surface area contributed by atoms with Crippen LogP contribution in [-0.2, 0) is 16.8 Å². The van der Waals surface area contributed by atoms with Crippen molar-refractivity contribution in [3.63, 3.8) is 0 Å². The van der Waals surface area contributed by atoms with Crippen LogP contribution >= 0.6 is 0 Å². The van der Waals surface area contributed by atoms with Crippen LogP contribution in [0.5, 0.6) is 0 Å². The summed E-state index contributed by atoms with van der Waals surface area (Å²) in [7, 11) is 0. The van der Waals surface area contributed by atoms with Gasteiger partial charge >= 0.3 is 0 Å². The standard InChI is InChI=1S/C14H15FN2O2S/c1-9(2)12-7-13(10-3-5-11(15)6-4-10)17-14(16-12)8-20(18)19/h3-7,9H,8H2,1-2H3,(H,18,19). The molecule has 0 radical (unpaired) electrons. The first-order chi connectivity index (χ1) is 9.45. The maximum absolute atomic E-state index is 13.0. The summed E-state index contributed by atoms with van der Waals surface area (Å²) in [6, 6.07) is 7.79. The fourth-order valence-corrected chi connectivity index (χ4v) is 2.11. The Labute approximate surface area is 119 Å². The quantitative estimate of drug-likeness (QED) is 0.880. The van der Waals surface area contributed by atoms with Crippen LogP contribution in [0.2, 0.25) is 0 Å². The first-order valence-electron chi connectivity index (χ1n) is 6.17. The topological polar surface area (TPSA) is 63.1 Å². The lowest BCUT2D eigenvalue weighted by Gasteiger charge is -2.10. The highest BCUT2D eigenvalue weighted by atomic mass is 32.2. The van der Waals surface area contributed by atoms with Crippen LogP contribution in [-0.4, -0.2) is 18.7 Å². The number of halogens is 1. The molecule has 106 valence electrons. The van der Waals surface area contributed by atoms with Crippen LogP contribution in [0.25, 0.3) is 11.3 Å². The number of nitrogens with zero attached hydrogens (tertiary/aromatic N) is 2. The van der Waals surface area contributed by atoms with Crippen molar-refractivity contribution in [2.24, 2.45) is 0 Å². The molecule has 0 spiro atoms. The summed E-state index contributed by atoms with van der Waals surface area (Å²) in [5.41, 5.74) is 2.17. The van der Waals surface area contributed by atoms with Crippen molar-refractivity contribution in [1.82, 2.24) is 9.97 Å². The minimum atomic E-state index is -1.99. The van der Waals surface area contributed by atoms with Gasteiger partial charge < -0.3 is 4.55 Å². The molecule has 1 N–H and O–H groups in total. The lowest BCUT2D eigenvalue weighted by atomic mass is 10.1. The summed E-state index contributed by atoms with van der Waals surface area (Å²) in [4.78, 5) is 8.55. The van der Waals surface area contributed by atoms with Crippen LogP contribution in [0.4, 0.5) is 4.39 Å². The lowest BCUT2D eigenvalue weighted by Crippen LogP contribution is -2.05. The molecule has 1 unspecified atom stereocenters. The van der Waals surface area contributed by atoms with E-state index in [2.05, 4.69) is 9.97 Å². The Hall–Kier alpha value is -1.66. The molecule has 0 saturated carbocycles. The fraction of sp³-hybridized carbons (Fsp3) is 0.286. The van der Waals surface area contributed by atoms with Gasteiger partial charge in [0.1, 0.15) is 17.4 Å². The van der Waals surface area contributed by atoms with Crippen LogP contribution in [0.15, 0.2) is 30.3 Å². The Balaban J connectivity index is 2.48. The molecule has 0 aliphatic heterocycles. The second kappa shape index (κ2) is 6.19. The van der Waals surface area contributed by atoms with E-state index in [1.54, 1.807) is 12.1 Å². The molecule has 20 heavy (non-hydrogen) atoms. The minimum Gasteiger partial charge on any atom is -0.306 e. The number of aromatic nitrogens is 2. The zero-order chi connectivity index (χ0) is 14.7. The van der Waals surface area contributed by atoms with Crippen LogP contribution in [0, 0.1) is 5.82 Å². The summed E-state index contributed by atoms with van der Waals surface area (Å²) in [6.07, 6.45) is 0. The third kappa shape index (κ3) is 3.68. The van der Waals surface area contributed by atoms with Crippen molar-refractivity contribution >= 4 is 11.1 Å². The Kier molecular flexibility index (Phi) is 4.57. The molecule has 1 atom stereocenters. The smallest absolute Gasteiger partial charge is 0.160 e. The molecule has 0 aliphatic carbocycles. The number of benzene rings is 1. The molecule has 0 fully saturated rings. The molecule has 2 aromatic rings. The fourth-order valence-electron chi connectivity index (χ4n) is 1.76. The SMILES string of the molecule is CC(C)c1cc(-c2ccc(F)cc2)nc(CS(=O)O)n1. The van der Waals surface area contributed by atoms with Crippen molar-refractivity contribution in [3.05, 3.63) is 47.7 Å². The highest BCUT2D eigenvalue weighted by Crippen LogP contribution is 2.22. The van der Waals surface area contributed by atoms with Gasteiger partial charge in [0.25, 0.3) is 0 Å². The van der Waals surface area contributed by atoms with E-state index in [0.29, 0.717) is 11.5 Å². The second-order valence-corrected chi connectivity index (χ2v) is 5.65. The van der Waals surface area contributed by atoms with Crippen LogP contribution in [0.3, 0.4) is 0 Å². The highest BCUT2D eigenvalue weighted by molar-refractivity contribution is 7.78. The third-order valence-corrected chi connectivity index (χ3v) is 3.28. The number of hydrogen-bond acceptors (Lipinski definition) is 3. The number of hydrogen-bond donors (Lipinski definition) is 1. The largest absolute Gasteiger partial charge is 0.306 e. The molecule has 1 aromatic carbocycles. The molecule has 6 heteroatoms. The van der Waals surface area contributed by atoms with Gasteiger partial charge in [-0.3, -0.25) is 0 Å². The van der Waals surface area contributed by atoms with Crippen molar-refractivity contribution in [3.8, 4) is 11.3 Å². The molecule has 1 heterocycles. The van der Waals surface area contributed by atoms with Gasteiger partial charge in [-0.2, -0.15) is 0 Å². The first kappa shape index (κ1) is 14.7. The van der Waals surface area contributed by atoms with E-state index in [1.807, 2.05) is 19.9 Å². The van der Waals surface area contributed by atoms with Crippen LogP contribution in [0.1, 0.15) is 31.3 Å². The van der Waals surface area contributed by atoms with Crippen molar-refractivity contribution < 1.29 is 13.2 Å². The van der Waals surface area contributed by atoms with Crippen molar-refractivity contribution in [1.29, 1.82) is 0 Å². The van der Waals surface area contributed by atoms with E-state index in [1.165, 1.54) is 12.1 Å². The van der Waals surface area contributed by atoms with Gasteiger partial charge in [-0.1, -0.05) is 13.8 Å². The monoisotopic (exact) mass is 294 g/mol. The molecule has 1 aromatic heterocycles. The van der Waals surface area contributed by atoms with E-state index < -0.39 is 11.1 Å². The molecule has 0 bridgehead atoms. The van der Waals surface area contributed by atoms with E-state index in [9.17, 15) is 8.60 Å². The average Bonchev–Trinajstić information content (AvgIpc) is 2.38. The minimum absolute atomic E-state index is 0.116. The highest BCUT2D eigenvalue weighted by Gasteiger charge is 2.11. The normalized spacial score (nSPS) is 12.7. The van der Waals surface area contributed by atoms with Crippen molar-refractivity contribution in [2.45, 2.75) is 25.5 Å². The van der Waals surface area contributed by atoms with Gasteiger partial charge in [-0.05, 0) is 36.2 Å². The molecule has 0 aliphatic rings. The number of rotatable bonds is 4. The summed E-state index contributed by atoms with van der Waals surface area (Å²) in [6.45, 7) is 3.97. The summed E-state index contributed by atoms with van der Waals surface area (Å²) in [5.74, 6) is 0.0531. The molecule has 4 nitrogen and oxygen atoms in total. The Bertz CT molecular complexity index is 630. The summed E-state index contributed by atoms with van der Waals surface area (Å²) < 4.78 is 32.9. The average molecular weight is 294 g/mol. The van der Waals surface area contributed by atoms with Crippen LogP contribution < -0.4 is 0 Å². The Morgan fingerprint density at radius 1 is 1.25 bits per heavy atom. The zero-order valence-electron chi connectivity index (χ0n) is 11.2. The molecular formula is C14H15FN2O2S. The van der Waals surface area contributed by atoms with Gasteiger partial charge in [0.05, 0.1) is 5.69 Å². The first-order valence-corrected chi connectivity index (χ1v) is 7.44. The van der Waals surface area contributed by atoms with Crippen molar-refractivity contribution in [2.75, 3.05) is 0 Å². The van der Waals surface area contributed by atoms with E-state index >= 15 is 0 Å². The lowest BCUT2D eigenvalue weighted by molar-refractivity contribution is 0.561. The van der Waals surface area contributed by atoms with E-state index in [4.69, 9.17) is 4.55 Å². The van der Waals surface area contributed by atoms with Gasteiger partial charge in [-0.25, -0.2) is 18.6 Å². The molecule has 0 amide bonds. The Morgan fingerprint density at radius 3 is 2.45 bits per heavy atom. The van der Waals surface area contributed by atoms with E-state index in [0.717, 1.165) is 11.3 Å². The van der Waals surface area contributed by atoms with Gasteiger partial charge in [-0.15, -0.1) is 0 Å². The molecule has 2 rings (SSSR count). The predicted molar refractivity (Wildman–Crippen MR) is 76.0 cm³/mol.